The van der Waals surface area contributed by atoms with Gasteiger partial charge in [0.2, 0.25) is 5.13 Å². The Hall–Kier alpha value is -2.30. The van der Waals surface area contributed by atoms with Gasteiger partial charge >= 0.3 is 0 Å². The van der Waals surface area contributed by atoms with E-state index < -0.39 is 4.92 Å². The van der Waals surface area contributed by atoms with Crippen molar-refractivity contribution in [3.8, 4) is 0 Å². The lowest BCUT2D eigenvalue weighted by molar-refractivity contribution is -0.384. The lowest BCUT2D eigenvalue weighted by Gasteiger charge is -2.01. The van der Waals surface area contributed by atoms with E-state index in [1.54, 1.807) is 11.8 Å². The quantitative estimate of drug-likeness (QED) is 0.306. The van der Waals surface area contributed by atoms with Crippen LogP contribution in [0.5, 0.6) is 0 Å². The number of hydrogen-bond acceptors (Lipinski definition) is 7. The topological polar surface area (TPSA) is 98.0 Å². The maximum absolute atomic E-state index is 12.2. The fourth-order valence-electron chi connectivity index (χ4n) is 2.10. The lowest BCUT2D eigenvalue weighted by Crippen LogP contribution is -2.11. The highest BCUT2D eigenvalue weighted by atomic mass is 79.9. The molecule has 0 aliphatic carbocycles. The van der Waals surface area contributed by atoms with Gasteiger partial charge in [-0.15, -0.1) is 22.0 Å². The zero-order chi connectivity index (χ0) is 19.2. The fourth-order valence-corrected chi connectivity index (χ4v) is 4.08. The van der Waals surface area contributed by atoms with Gasteiger partial charge in [0.15, 0.2) is 0 Å². The van der Waals surface area contributed by atoms with E-state index >= 15 is 0 Å². The molecular formula is C17H13BrN4O3S2. The average Bonchev–Trinajstić information content (AvgIpc) is 3.10. The van der Waals surface area contributed by atoms with Crippen molar-refractivity contribution >= 4 is 55.8 Å². The van der Waals surface area contributed by atoms with Gasteiger partial charge in [-0.2, -0.15) is 0 Å². The highest BCUT2D eigenvalue weighted by Crippen LogP contribution is 2.23. The molecule has 3 rings (SSSR count). The summed E-state index contributed by atoms with van der Waals surface area (Å²) < 4.78 is 1.05. The van der Waals surface area contributed by atoms with Crippen LogP contribution in [0, 0.1) is 10.1 Å². The minimum Gasteiger partial charge on any atom is -0.296 e. The number of anilines is 1. The largest absolute Gasteiger partial charge is 0.296 e. The molecule has 27 heavy (non-hydrogen) atoms. The number of amides is 1. The lowest BCUT2D eigenvalue weighted by atomic mass is 10.2. The molecular weight excluding hydrogens is 452 g/mol. The fraction of sp³-hybridized carbons (Fsp3) is 0.118. The molecule has 0 atom stereocenters. The smallest absolute Gasteiger partial charge is 0.269 e. The molecule has 0 fully saturated rings. The van der Waals surface area contributed by atoms with E-state index in [1.165, 1.54) is 40.5 Å². The number of halogens is 1. The number of aromatic nitrogens is 2. The van der Waals surface area contributed by atoms with Crippen molar-refractivity contribution in [1.29, 1.82) is 0 Å². The van der Waals surface area contributed by atoms with Crippen molar-refractivity contribution in [2.75, 3.05) is 11.1 Å². The number of carbonyl (C=O) groups excluding carboxylic acids is 1. The molecule has 1 amide bonds. The molecule has 0 saturated carbocycles. The molecule has 7 nitrogen and oxygen atoms in total. The molecule has 1 N–H and O–H groups in total. The number of nitrogens with one attached hydrogen (secondary N) is 1. The second kappa shape index (κ2) is 9.07. The van der Waals surface area contributed by atoms with Crippen LogP contribution in [0.4, 0.5) is 10.8 Å². The highest BCUT2D eigenvalue weighted by molar-refractivity contribution is 9.10. The van der Waals surface area contributed by atoms with E-state index in [0.717, 1.165) is 21.7 Å². The number of benzene rings is 2. The van der Waals surface area contributed by atoms with Gasteiger partial charge in [-0.05, 0) is 36.4 Å². The monoisotopic (exact) mass is 464 g/mol. The van der Waals surface area contributed by atoms with Crippen LogP contribution < -0.4 is 5.32 Å². The number of nitro groups is 1. The molecule has 3 aromatic rings. The molecule has 2 aromatic carbocycles. The Balaban J connectivity index is 1.51. The summed E-state index contributed by atoms with van der Waals surface area (Å²) in [5.74, 6) is 0.476. The minimum absolute atomic E-state index is 0.0620. The van der Waals surface area contributed by atoms with Crippen molar-refractivity contribution < 1.29 is 9.72 Å². The maximum atomic E-state index is 12.2. The SMILES string of the molecule is O=C(Nc1nnc(CCSc2ccc(Br)cc2)s1)c1ccc([N+](=O)[O-])cc1. The van der Waals surface area contributed by atoms with Gasteiger partial charge in [0.1, 0.15) is 5.01 Å². The predicted molar refractivity (Wildman–Crippen MR) is 110 cm³/mol. The minimum atomic E-state index is -0.509. The van der Waals surface area contributed by atoms with E-state index in [2.05, 4.69) is 31.4 Å². The van der Waals surface area contributed by atoms with Gasteiger partial charge < -0.3 is 0 Å². The molecule has 0 radical (unpaired) electrons. The predicted octanol–water partition coefficient (Wildman–Crippen LogP) is 4.80. The third kappa shape index (κ3) is 5.59. The molecule has 0 unspecified atom stereocenters. The first-order chi connectivity index (χ1) is 13.0. The summed E-state index contributed by atoms with van der Waals surface area (Å²) >= 11 is 6.45. The van der Waals surface area contributed by atoms with Crippen molar-refractivity contribution in [3.05, 3.63) is 73.7 Å². The van der Waals surface area contributed by atoms with E-state index in [1.807, 2.05) is 24.3 Å². The third-order valence-electron chi connectivity index (χ3n) is 3.43. The average molecular weight is 465 g/mol. The Labute approximate surface area is 171 Å². The standard InChI is InChI=1S/C17H13BrN4O3S2/c18-12-3-7-14(8-4-12)26-10-9-15-20-21-17(27-15)19-16(23)11-1-5-13(6-2-11)22(24)25/h1-8H,9-10H2,(H,19,21,23). The first-order valence-electron chi connectivity index (χ1n) is 7.78. The molecule has 10 heteroatoms. The van der Waals surface area contributed by atoms with Crippen molar-refractivity contribution in [2.45, 2.75) is 11.3 Å². The molecule has 0 aliphatic rings. The maximum Gasteiger partial charge on any atom is 0.269 e. The van der Waals surface area contributed by atoms with Gasteiger partial charge in [-0.25, -0.2) is 0 Å². The normalized spacial score (nSPS) is 10.6. The van der Waals surface area contributed by atoms with Gasteiger partial charge in [0.05, 0.1) is 4.92 Å². The summed E-state index contributed by atoms with van der Waals surface area (Å²) in [6.45, 7) is 0. The Kier molecular flexibility index (Phi) is 6.54. The molecule has 0 bridgehead atoms. The second-order valence-electron chi connectivity index (χ2n) is 5.31. The van der Waals surface area contributed by atoms with E-state index in [0.29, 0.717) is 10.7 Å². The van der Waals surface area contributed by atoms with Crippen LogP contribution in [0.15, 0.2) is 57.9 Å². The number of aryl methyl sites for hydroxylation is 1. The Morgan fingerprint density at radius 1 is 1.15 bits per heavy atom. The molecule has 1 heterocycles. The van der Waals surface area contributed by atoms with Gasteiger partial charge in [-0.3, -0.25) is 20.2 Å². The van der Waals surface area contributed by atoms with E-state index in [9.17, 15) is 14.9 Å². The number of carbonyl (C=O) groups is 1. The van der Waals surface area contributed by atoms with Gasteiger partial charge in [0, 0.05) is 39.2 Å². The summed E-state index contributed by atoms with van der Waals surface area (Å²) in [7, 11) is 0. The highest BCUT2D eigenvalue weighted by Gasteiger charge is 2.12. The van der Waals surface area contributed by atoms with Crippen LogP contribution in [0.1, 0.15) is 15.4 Å². The summed E-state index contributed by atoms with van der Waals surface area (Å²) in [5.41, 5.74) is 0.260. The molecule has 0 spiro atoms. The zero-order valence-corrected chi connectivity index (χ0v) is 17.0. The first-order valence-corrected chi connectivity index (χ1v) is 10.4. The number of nitrogens with zero attached hydrogens (tertiary/aromatic N) is 3. The number of thioether (sulfide) groups is 1. The van der Waals surface area contributed by atoms with Crippen molar-refractivity contribution in [1.82, 2.24) is 10.2 Å². The van der Waals surface area contributed by atoms with Crippen LogP contribution >= 0.6 is 39.0 Å². The van der Waals surface area contributed by atoms with Crippen LogP contribution in [-0.4, -0.2) is 26.8 Å². The Morgan fingerprint density at radius 3 is 2.52 bits per heavy atom. The summed E-state index contributed by atoms with van der Waals surface area (Å²) in [6.07, 6.45) is 0.742. The van der Waals surface area contributed by atoms with E-state index in [4.69, 9.17) is 0 Å². The number of hydrogen-bond donors (Lipinski definition) is 1. The van der Waals surface area contributed by atoms with Crippen molar-refractivity contribution in [3.63, 3.8) is 0 Å². The summed E-state index contributed by atoms with van der Waals surface area (Å²) in [5, 5.41) is 22.6. The van der Waals surface area contributed by atoms with Crippen LogP contribution in [0.25, 0.3) is 0 Å². The van der Waals surface area contributed by atoms with Gasteiger partial charge in [-0.1, -0.05) is 27.3 Å². The number of rotatable bonds is 7. The van der Waals surface area contributed by atoms with Crippen LogP contribution in [0.2, 0.25) is 0 Å². The molecule has 0 saturated heterocycles. The number of non-ortho nitro benzene ring substituents is 1. The van der Waals surface area contributed by atoms with Gasteiger partial charge in [0.25, 0.3) is 11.6 Å². The Bertz CT molecular complexity index is 946. The van der Waals surface area contributed by atoms with Crippen molar-refractivity contribution in [2.24, 2.45) is 0 Å². The number of nitro benzene ring substituents is 1. The second-order valence-corrected chi connectivity index (χ2v) is 8.46. The molecule has 138 valence electrons. The summed E-state index contributed by atoms with van der Waals surface area (Å²) in [6, 6.07) is 13.5. The van der Waals surface area contributed by atoms with Crippen LogP contribution in [0.3, 0.4) is 0 Å². The molecule has 1 aromatic heterocycles. The summed E-state index contributed by atoms with van der Waals surface area (Å²) in [4.78, 5) is 23.5. The third-order valence-corrected chi connectivity index (χ3v) is 5.87. The van der Waals surface area contributed by atoms with E-state index in [-0.39, 0.29) is 11.6 Å². The first kappa shape index (κ1) is 19.5. The van der Waals surface area contributed by atoms with Crippen LogP contribution in [-0.2, 0) is 6.42 Å². The Morgan fingerprint density at radius 2 is 1.85 bits per heavy atom. The molecule has 0 aliphatic heterocycles. The zero-order valence-electron chi connectivity index (χ0n) is 13.8.